The van der Waals surface area contributed by atoms with Gasteiger partial charge in [0.05, 0.1) is 12.5 Å². The van der Waals surface area contributed by atoms with E-state index in [1.54, 1.807) is 0 Å². The second-order valence-electron chi connectivity index (χ2n) is 5.89. The van der Waals surface area contributed by atoms with Crippen molar-refractivity contribution in [1.82, 2.24) is 4.90 Å². The highest BCUT2D eigenvalue weighted by molar-refractivity contribution is 6.30. The fourth-order valence-corrected chi connectivity index (χ4v) is 3.00. The first kappa shape index (κ1) is 17.8. The molecule has 0 radical (unpaired) electrons. The lowest BCUT2D eigenvalue weighted by Crippen LogP contribution is -2.40. The first-order chi connectivity index (χ1) is 11.1. The molecule has 0 unspecified atom stereocenters. The number of likely N-dealkylation sites (tertiary alicyclic amines) is 1. The zero-order chi connectivity index (χ0) is 16.7. The van der Waals surface area contributed by atoms with Crippen LogP contribution in [0, 0.1) is 5.92 Å². The summed E-state index contributed by atoms with van der Waals surface area (Å²) in [4.78, 5) is 25.8. The quantitative estimate of drug-likeness (QED) is 0.747. The number of carbonyl (C=O) groups excluding carboxylic acids is 2. The molecule has 23 heavy (non-hydrogen) atoms. The van der Waals surface area contributed by atoms with Gasteiger partial charge in [0.25, 0.3) is 0 Å². The smallest absolute Gasteiger partial charge is 0.309 e. The topological polar surface area (TPSA) is 46.6 Å². The van der Waals surface area contributed by atoms with E-state index in [4.69, 9.17) is 16.3 Å². The molecule has 5 heteroatoms. The molecule has 1 aliphatic rings. The van der Waals surface area contributed by atoms with E-state index in [2.05, 4.69) is 0 Å². The van der Waals surface area contributed by atoms with Crippen molar-refractivity contribution in [3.63, 3.8) is 0 Å². The molecular formula is C18H24ClNO3. The fourth-order valence-electron chi connectivity index (χ4n) is 2.88. The van der Waals surface area contributed by atoms with Gasteiger partial charge in [-0.3, -0.25) is 9.59 Å². The highest BCUT2D eigenvalue weighted by Gasteiger charge is 2.27. The Morgan fingerprint density at radius 1 is 1.22 bits per heavy atom. The number of carbonyl (C=O) groups is 2. The van der Waals surface area contributed by atoms with E-state index in [0.29, 0.717) is 39.0 Å². The molecule has 0 bridgehead atoms. The molecule has 0 N–H and O–H groups in total. The second kappa shape index (κ2) is 8.92. The van der Waals surface area contributed by atoms with Gasteiger partial charge in [0.15, 0.2) is 0 Å². The maximum absolute atomic E-state index is 12.2. The van der Waals surface area contributed by atoms with Crippen LogP contribution in [0.15, 0.2) is 24.3 Å². The number of nitrogens with zero attached hydrogens (tertiary/aromatic N) is 1. The number of halogens is 1. The van der Waals surface area contributed by atoms with Crippen LogP contribution in [0.2, 0.25) is 5.02 Å². The van der Waals surface area contributed by atoms with Crippen LogP contribution in [-0.2, 0) is 20.7 Å². The van der Waals surface area contributed by atoms with Crippen molar-refractivity contribution >= 4 is 23.5 Å². The lowest BCUT2D eigenvalue weighted by molar-refractivity contribution is -0.151. The van der Waals surface area contributed by atoms with Gasteiger partial charge in [0.2, 0.25) is 5.91 Å². The predicted octanol–water partition coefficient (Wildman–Crippen LogP) is 3.46. The fraction of sp³-hybridized carbons (Fsp3) is 0.556. The highest BCUT2D eigenvalue weighted by atomic mass is 35.5. The SMILES string of the molecule is CCOC(=O)C1CCN(C(=O)CCCc2ccc(Cl)cc2)CC1. The summed E-state index contributed by atoms with van der Waals surface area (Å²) >= 11 is 5.86. The molecule has 4 nitrogen and oxygen atoms in total. The molecule has 1 aromatic carbocycles. The highest BCUT2D eigenvalue weighted by Crippen LogP contribution is 2.20. The molecule has 126 valence electrons. The standard InChI is InChI=1S/C18H24ClNO3/c1-2-23-18(22)15-10-12-20(13-11-15)17(21)5-3-4-14-6-8-16(19)9-7-14/h6-9,15H,2-5,10-13H2,1H3. The summed E-state index contributed by atoms with van der Waals surface area (Å²) in [5.74, 6) is 0.0108. The summed E-state index contributed by atoms with van der Waals surface area (Å²) in [6, 6.07) is 7.74. The Bertz CT molecular complexity index is 522. The summed E-state index contributed by atoms with van der Waals surface area (Å²) in [5.41, 5.74) is 1.20. The van der Waals surface area contributed by atoms with E-state index >= 15 is 0 Å². The Hall–Kier alpha value is -1.55. The molecule has 2 rings (SSSR count). The number of rotatable bonds is 6. The van der Waals surface area contributed by atoms with E-state index in [1.165, 1.54) is 5.56 Å². The van der Waals surface area contributed by atoms with Crippen LogP contribution in [0.4, 0.5) is 0 Å². The van der Waals surface area contributed by atoms with Crippen molar-refractivity contribution in [2.45, 2.75) is 39.0 Å². The Kier molecular flexibility index (Phi) is 6.90. The largest absolute Gasteiger partial charge is 0.466 e. The van der Waals surface area contributed by atoms with Crippen LogP contribution in [-0.4, -0.2) is 36.5 Å². The van der Waals surface area contributed by atoms with E-state index in [1.807, 2.05) is 36.1 Å². The van der Waals surface area contributed by atoms with Crippen molar-refractivity contribution < 1.29 is 14.3 Å². The van der Waals surface area contributed by atoms with Gasteiger partial charge in [-0.15, -0.1) is 0 Å². The van der Waals surface area contributed by atoms with Crippen molar-refractivity contribution in [1.29, 1.82) is 0 Å². The number of amides is 1. The van der Waals surface area contributed by atoms with Crippen LogP contribution in [0.3, 0.4) is 0 Å². The minimum atomic E-state index is -0.123. The molecule has 1 heterocycles. The minimum Gasteiger partial charge on any atom is -0.466 e. The van der Waals surface area contributed by atoms with Crippen LogP contribution in [0.25, 0.3) is 0 Å². The number of piperidine rings is 1. The van der Waals surface area contributed by atoms with Crippen LogP contribution >= 0.6 is 11.6 Å². The second-order valence-corrected chi connectivity index (χ2v) is 6.32. The third-order valence-electron chi connectivity index (χ3n) is 4.24. The summed E-state index contributed by atoms with van der Waals surface area (Å²) < 4.78 is 5.05. The molecule has 0 atom stereocenters. The maximum Gasteiger partial charge on any atom is 0.309 e. The van der Waals surface area contributed by atoms with Crippen molar-refractivity contribution in [3.8, 4) is 0 Å². The number of esters is 1. The molecule has 1 amide bonds. The van der Waals surface area contributed by atoms with Gasteiger partial charge in [-0.2, -0.15) is 0 Å². The van der Waals surface area contributed by atoms with Crippen molar-refractivity contribution in [2.24, 2.45) is 5.92 Å². The summed E-state index contributed by atoms with van der Waals surface area (Å²) in [7, 11) is 0. The lowest BCUT2D eigenvalue weighted by Gasteiger charge is -2.31. The van der Waals surface area contributed by atoms with Gasteiger partial charge in [-0.1, -0.05) is 23.7 Å². The third-order valence-corrected chi connectivity index (χ3v) is 4.49. The molecular weight excluding hydrogens is 314 g/mol. The normalized spacial score (nSPS) is 15.5. The first-order valence-corrected chi connectivity index (χ1v) is 8.66. The Balaban J connectivity index is 1.68. The van der Waals surface area contributed by atoms with E-state index < -0.39 is 0 Å². The summed E-state index contributed by atoms with van der Waals surface area (Å²) in [5, 5.41) is 0.731. The van der Waals surface area contributed by atoms with Gasteiger partial charge >= 0.3 is 5.97 Å². The van der Waals surface area contributed by atoms with E-state index in [0.717, 1.165) is 17.9 Å². The van der Waals surface area contributed by atoms with Gasteiger partial charge in [-0.25, -0.2) is 0 Å². The van der Waals surface area contributed by atoms with Gasteiger partial charge in [-0.05, 0) is 50.3 Å². The lowest BCUT2D eigenvalue weighted by atomic mass is 9.96. The average molecular weight is 338 g/mol. The first-order valence-electron chi connectivity index (χ1n) is 8.29. The zero-order valence-electron chi connectivity index (χ0n) is 13.6. The number of hydrogen-bond donors (Lipinski definition) is 0. The summed E-state index contributed by atoms with van der Waals surface area (Å²) in [6.45, 7) is 3.55. The number of benzene rings is 1. The molecule has 1 aliphatic heterocycles. The zero-order valence-corrected chi connectivity index (χ0v) is 14.3. The number of ether oxygens (including phenoxy) is 1. The molecule has 0 aliphatic carbocycles. The number of hydrogen-bond acceptors (Lipinski definition) is 3. The van der Waals surface area contributed by atoms with Gasteiger partial charge < -0.3 is 9.64 Å². The van der Waals surface area contributed by atoms with Crippen molar-refractivity contribution in [2.75, 3.05) is 19.7 Å². The van der Waals surface area contributed by atoms with Crippen molar-refractivity contribution in [3.05, 3.63) is 34.9 Å². The molecule has 1 fully saturated rings. The Morgan fingerprint density at radius 2 is 1.87 bits per heavy atom. The Morgan fingerprint density at radius 3 is 2.48 bits per heavy atom. The van der Waals surface area contributed by atoms with E-state index in [9.17, 15) is 9.59 Å². The molecule has 0 aromatic heterocycles. The van der Waals surface area contributed by atoms with Crippen LogP contribution < -0.4 is 0 Å². The molecule has 1 aromatic rings. The van der Waals surface area contributed by atoms with Crippen LogP contribution in [0.5, 0.6) is 0 Å². The monoisotopic (exact) mass is 337 g/mol. The predicted molar refractivity (Wildman–Crippen MR) is 90.3 cm³/mol. The molecule has 1 saturated heterocycles. The molecule has 0 spiro atoms. The Labute approximate surface area is 142 Å². The minimum absolute atomic E-state index is 0.0481. The average Bonchev–Trinajstić information content (AvgIpc) is 2.57. The van der Waals surface area contributed by atoms with Gasteiger partial charge in [0, 0.05) is 24.5 Å². The van der Waals surface area contributed by atoms with E-state index in [-0.39, 0.29) is 17.8 Å². The van der Waals surface area contributed by atoms with Gasteiger partial charge in [0.1, 0.15) is 0 Å². The van der Waals surface area contributed by atoms with Crippen LogP contribution in [0.1, 0.15) is 38.2 Å². The molecule has 0 saturated carbocycles. The third kappa shape index (κ3) is 5.54. The number of aryl methyl sites for hydroxylation is 1. The maximum atomic E-state index is 12.2. The summed E-state index contributed by atoms with van der Waals surface area (Å²) in [6.07, 6.45) is 3.68.